The summed E-state index contributed by atoms with van der Waals surface area (Å²) in [4.78, 5) is 20.4. The van der Waals surface area contributed by atoms with Crippen LogP contribution in [-0.4, -0.2) is 31.6 Å². The Morgan fingerprint density at radius 2 is 2.10 bits per heavy atom. The van der Waals surface area contributed by atoms with Crippen LogP contribution in [-0.2, 0) is 17.9 Å². The van der Waals surface area contributed by atoms with Crippen LogP contribution in [0.1, 0.15) is 5.82 Å². The molecule has 0 saturated heterocycles. The average Bonchev–Trinajstić information content (AvgIpc) is 3.07. The van der Waals surface area contributed by atoms with Crippen molar-refractivity contribution in [3.8, 4) is 0 Å². The summed E-state index contributed by atoms with van der Waals surface area (Å²) in [6.45, 7) is 3.54. The number of aryl methyl sites for hydroxylation is 1. The Bertz CT molecular complexity index is 758. The summed E-state index contributed by atoms with van der Waals surface area (Å²) in [5.41, 5.74) is 1.87. The number of carbonyl (C=O) groups excluding carboxylic acids is 1. The van der Waals surface area contributed by atoms with Gasteiger partial charge < -0.3 is 14.5 Å². The number of nitrogens with one attached hydrogen (secondary N) is 1. The second-order valence-corrected chi connectivity index (χ2v) is 4.88. The van der Waals surface area contributed by atoms with Crippen molar-refractivity contribution in [1.29, 1.82) is 0 Å². The number of hydrogen-bond donors (Lipinski definition) is 1. The van der Waals surface area contributed by atoms with Gasteiger partial charge in [0.2, 0.25) is 5.91 Å². The fraction of sp³-hybridized carbons (Fsp3) is 0.267. The Morgan fingerprint density at radius 1 is 1.24 bits per heavy atom. The Hall–Kier alpha value is -2.63. The van der Waals surface area contributed by atoms with E-state index in [1.54, 1.807) is 12.5 Å². The van der Waals surface area contributed by atoms with E-state index in [4.69, 9.17) is 0 Å². The maximum atomic E-state index is 12.0. The highest BCUT2D eigenvalue weighted by molar-refractivity contribution is 5.80. The van der Waals surface area contributed by atoms with Gasteiger partial charge in [0.15, 0.2) is 0 Å². The maximum Gasteiger partial charge on any atom is 0.240 e. The van der Waals surface area contributed by atoms with Gasteiger partial charge in [0.1, 0.15) is 12.4 Å². The average molecular weight is 283 g/mol. The first-order valence-electron chi connectivity index (χ1n) is 6.88. The van der Waals surface area contributed by atoms with Gasteiger partial charge in [0, 0.05) is 25.5 Å². The largest absolute Gasteiger partial charge is 0.353 e. The van der Waals surface area contributed by atoms with Crippen molar-refractivity contribution in [3.05, 3.63) is 48.8 Å². The molecule has 21 heavy (non-hydrogen) atoms. The molecule has 0 spiro atoms. The summed E-state index contributed by atoms with van der Waals surface area (Å²) in [6.07, 6.45) is 5.36. The molecule has 0 aliphatic carbocycles. The third-order valence-electron chi connectivity index (χ3n) is 3.44. The van der Waals surface area contributed by atoms with Crippen molar-refractivity contribution in [2.75, 3.05) is 6.54 Å². The van der Waals surface area contributed by atoms with E-state index in [1.807, 2.05) is 46.5 Å². The molecule has 108 valence electrons. The molecule has 1 N–H and O–H groups in total. The lowest BCUT2D eigenvalue weighted by molar-refractivity contribution is -0.121. The summed E-state index contributed by atoms with van der Waals surface area (Å²) in [5, 5.41) is 2.91. The molecule has 3 aromatic rings. The lowest BCUT2D eigenvalue weighted by atomic mass is 10.3. The Morgan fingerprint density at radius 3 is 2.90 bits per heavy atom. The Labute approximate surface area is 122 Å². The molecule has 0 unspecified atom stereocenters. The molecule has 0 saturated carbocycles. The molecule has 0 fully saturated rings. The smallest absolute Gasteiger partial charge is 0.240 e. The van der Waals surface area contributed by atoms with Crippen LogP contribution in [0.4, 0.5) is 0 Å². The van der Waals surface area contributed by atoms with E-state index < -0.39 is 0 Å². The first kappa shape index (κ1) is 13.4. The van der Waals surface area contributed by atoms with Gasteiger partial charge in [-0.05, 0) is 19.1 Å². The molecule has 0 aliphatic heterocycles. The third kappa shape index (κ3) is 2.94. The van der Waals surface area contributed by atoms with Crippen LogP contribution in [0.25, 0.3) is 11.0 Å². The summed E-state index contributed by atoms with van der Waals surface area (Å²) in [6, 6.07) is 7.78. The van der Waals surface area contributed by atoms with Gasteiger partial charge in [-0.3, -0.25) is 4.79 Å². The van der Waals surface area contributed by atoms with Gasteiger partial charge in [-0.2, -0.15) is 0 Å². The van der Waals surface area contributed by atoms with Gasteiger partial charge >= 0.3 is 0 Å². The van der Waals surface area contributed by atoms with Gasteiger partial charge in [-0.15, -0.1) is 0 Å². The molecule has 2 aromatic heterocycles. The van der Waals surface area contributed by atoms with Gasteiger partial charge in [0.05, 0.1) is 17.4 Å². The molecule has 3 rings (SSSR count). The standard InChI is InChI=1S/C15H17N5O/c1-12-16-6-8-19(12)9-7-17-15(21)10-20-11-18-13-4-2-3-5-14(13)20/h2-6,8,11H,7,9-10H2,1H3,(H,17,21). The number of amides is 1. The molecular weight excluding hydrogens is 266 g/mol. The minimum absolute atomic E-state index is 0.0177. The zero-order valence-electron chi connectivity index (χ0n) is 11.9. The van der Waals surface area contributed by atoms with Crippen molar-refractivity contribution in [2.45, 2.75) is 20.0 Å². The van der Waals surface area contributed by atoms with E-state index in [2.05, 4.69) is 15.3 Å². The zero-order valence-corrected chi connectivity index (χ0v) is 11.9. The Kier molecular flexibility index (Phi) is 3.68. The van der Waals surface area contributed by atoms with Crippen molar-refractivity contribution in [3.63, 3.8) is 0 Å². The minimum Gasteiger partial charge on any atom is -0.353 e. The van der Waals surface area contributed by atoms with E-state index in [0.29, 0.717) is 6.54 Å². The van der Waals surface area contributed by atoms with E-state index in [-0.39, 0.29) is 12.5 Å². The first-order valence-corrected chi connectivity index (χ1v) is 6.88. The summed E-state index contributed by atoms with van der Waals surface area (Å²) in [5.74, 6) is 0.931. The third-order valence-corrected chi connectivity index (χ3v) is 3.44. The highest BCUT2D eigenvalue weighted by Crippen LogP contribution is 2.11. The predicted octanol–water partition coefficient (Wildman–Crippen LogP) is 1.36. The topological polar surface area (TPSA) is 64.7 Å². The van der Waals surface area contributed by atoms with Crippen molar-refractivity contribution in [1.82, 2.24) is 24.4 Å². The number of nitrogens with zero attached hydrogens (tertiary/aromatic N) is 4. The van der Waals surface area contributed by atoms with Gasteiger partial charge in [0.25, 0.3) is 0 Å². The van der Waals surface area contributed by atoms with Crippen LogP contribution in [0.2, 0.25) is 0 Å². The van der Waals surface area contributed by atoms with Crippen molar-refractivity contribution < 1.29 is 4.79 Å². The highest BCUT2D eigenvalue weighted by atomic mass is 16.1. The minimum atomic E-state index is -0.0177. The van der Waals surface area contributed by atoms with Gasteiger partial charge in [-0.1, -0.05) is 12.1 Å². The van der Waals surface area contributed by atoms with Crippen LogP contribution in [0, 0.1) is 6.92 Å². The monoisotopic (exact) mass is 283 g/mol. The molecule has 0 bridgehead atoms. The number of rotatable bonds is 5. The van der Waals surface area contributed by atoms with Crippen LogP contribution < -0.4 is 5.32 Å². The predicted molar refractivity (Wildman–Crippen MR) is 79.7 cm³/mol. The second kappa shape index (κ2) is 5.78. The van der Waals surface area contributed by atoms with Crippen LogP contribution >= 0.6 is 0 Å². The summed E-state index contributed by atoms with van der Waals surface area (Å²) < 4.78 is 3.86. The quantitative estimate of drug-likeness (QED) is 0.769. The van der Waals surface area contributed by atoms with Gasteiger partial charge in [-0.25, -0.2) is 9.97 Å². The number of fused-ring (bicyclic) bond motifs is 1. The van der Waals surface area contributed by atoms with Crippen molar-refractivity contribution in [2.24, 2.45) is 0 Å². The molecule has 1 aromatic carbocycles. The van der Waals surface area contributed by atoms with E-state index in [0.717, 1.165) is 23.4 Å². The molecule has 6 nitrogen and oxygen atoms in total. The van der Waals surface area contributed by atoms with Crippen molar-refractivity contribution >= 4 is 16.9 Å². The molecule has 2 heterocycles. The molecule has 6 heteroatoms. The SMILES string of the molecule is Cc1nccn1CCNC(=O)Cn1cnc2ccccc21. The molecular formula is C15H17N5O. The summed E-state index contributed by atoms with van der Waals surface area (Å²) >= 11 is 0. The lowest BCUT2D eigenvalue weighted by Gasteiger charge is -2.08. The number of hydrogen-bond acceptors (Lipinski definition) is 3. The maximum absolute atomic E-state index is 12.0. The van der Waals surface area contributed by atoms with Crippen LogP contribution in [0.5, 0.6) is 0 Å². The van der Waals surface area contributed by atoms with Crippen LogP contribution in [0.3, 0.4) is 0 Å². The van der Waals surface area contributed by atoms with E-state index in [9.17, 15) is 4.79 Å². The normalized spacial score (nSPS) is 10.9. The van der Waals surface area contributed by atoms with E-state index in [1.165, 1.54) is 0 Å². The zero-order chi connectivity index (χ0) is 14.7. The first-order chi connectivity index (χ1) is 10.2. The highest BCUT2D eigenvalue weighted by Gasteiger charge is 2.06. The number of carbonyl (C=O) groups is 1. The number of imidazole rings is 2. The lowest BCUT2D eigenvalue weighted by Crippen LogP contribution is -2.30. The Balaban J connectivity index is 1.56. The van der Waals surface area contributed by atoms with E-state index >= 15 is 0 Å². The number of benzene rings is 1. The molecule has 0 aliphatic rings. The summed E-state index contributed by atoms with van der Waals surface area (Å²) in [7, 11) is 0. The van der Waals surface area contributed by atoms with Crippen LogP contribution in [0.15, 0.2) is 43.0 Å². The number of para-hydroxylation sites is 2. The molecule has 0 radical (unpaired) electrons. The fourth-order valence-electron chi connectivity index (χ4n) is 2.30. The number of aromatic nitrogens is 4. The molecule has 0 atom stereocenters. The fourth-order valence-corrected chi connectivity index (χ4v) is 2.30. The molecule has 1 amide bonds. The second-order valence-electron chi connectivity index (χ2n) is 4.88.